The molecule has 3 heterocycles. The minimum atomic E-state index is -4.57. The van der Waals surface area contributed by atoms with Crippen LogP contribution in [0.4, 0.5) is 29.3 Å². The molecule has 150 valence electrons. The van der Waals surface area contributed by atoms with Crippen molar-refractivity contribution in [2.45, 2.75) is 30.6 Å². The van der Waals surface area contributed by atoms with Crippen LogP contribution in [0.1, 0.15) is 18.5 Å². The Bertz CT molecular complexity index is 1190. The molecule has 1 saturated heterocycles. The predicted molar refractivity (Wildman–Crippen MR) is 103 cm³/mol. The molecule has 5 rings (SSSR count). The molecule has 1 atom stereocenters. The summed E-state index contributed by atoms with van der Waals surface area (Å²) in [5, 5.41) is 11.5. The summed E-state index contributed by atoms with van der Waals surface area (Å²) in [6, 6.07) is 10.4. The van der Waals surface area contributed by atoms with Crippen molar-refractivity contribution in [3.63, 3.8) is 0 Å². The van der Waals surface area contributed by atoms with Crippen molar-refractivity contribution in [3.05, 3.63) is 60.7 Å². The van der Waals surface area contributed by atoms with Gasteiger partial charge in [-0.15, -0.1) is 0 Å². The third-order valence-corrected chi connectivity index (χ3v) is 5.70. The number of anilines is 2. The number of carbonyl (C=O) groups is 1. The summed E-state index contributed by atoms with van der Waals surface area (Å²) in [5.41, 5.74) is -1.08. The van der Waals surface area contributed by atoms with Crippen LogP contribution in [0, 0.1) is 11.3 Å². The summed E-state index contributed by atoms with van der Waals surface area (Å²) in [5.74, 6) is 0. The topological polar surface area (TPSA) is 73.1 Å². The average Bonchev–Trinajstić information content (AvgIpc) is 3.47. The Hall–Kier alpha value is -3.67. The van der Waals surface area contributed by atoms with Gasteiger partial charge in [0, 0.05) is 17.0 Å². The second-order valence-corrected chi connectivity index (χ2v) is 7.40. The number of amides is 2. The SMILES string of the molecule is N#C[C@H]1N(c2cncc3ccccc23)C(=O)N(c2ccc(C(F)(F)F)nc2)C12CC2. The molecule has 0 radical (unpaired) electrons. The molecule has 2 aliphatic rings. The lowest BCUT2D eigenvalue weighted by Crippen LogP contribution is -2.39. The third-order valence-electron chi connectivity index (χ3n) is 5.70. The fourth-order valence-electron chi connectivity index (χ4n) is 4.16. The molecule has 0 unspecified atom stereocenters. The van der Waals surface area contributed by atoms with Crippen LogP contribution in [0.5, 0.6) is 0 Å². The van der Waals surface area contributed by atoms with Crippen LogP contribution in [0.25, 0.3) is 10.8 Å². The first-order valence-electron chi connectivity index (χ1n) is 9.26. The van der Waals surface area contributed by atoms with E-state index in [1.54, 1.807) is 6.20 Å². The van der Waals surface area contributed by atoms with E-state index in [1.165, 1.54) is 22.1 Å². The highest BCUT2D eigenvalue weighted by Crippen LogP contribution is 2.54. The fourth-order valence-corrected chi connectivity index (χ4v) is 4.16. The van der Waals surface area contributed by atoms with Gasteiger partial charge in [-0.3, -0.25) is 14.8 Å². The number of alkyl halides is 3. The zero-order valence-electron chi connectivity index (χ0n) is 15.5. The van der Waals surface area contributed by atoms with E-state index in [1.807, 2.05) is 24.3 Å². The van der Waals surface area contributed by atoms with Crippen LogP contribution in [0.15, 0.2) is 55.0 Å². The highest BCUT2D eigenvalue weighted by molar-refractivity contribution is 6.13. The van der Waals surface area contributed by atoms with Crippen LogP contribution in [-0.2, 0) is 6.18 Å². The Morgan fingerprint density at radius 3 is 2.50 bits per heavy atom. The molecule has 1 aliphatic carbocycles. The normalized spacial score (nSPS) is 20.1. The molecule has 3 aromatic rings. The Labute approximate surface area is 169 Å². The van der Waals surface area contributed by atoms with Gasteiger partial charge in [-0.05, 0) is 25.0 Å². The van der Waals surface area contributed by atoms with Gasteiger partial charge in [-0.1, -0.05) is 24.3 Å². The van der Waals surface area contributed by atoms with E-state index in [4.69, 9.17) is 0 Å². The van der Waals surface area contributed by atoms with Crippen LogP contribution < -0.4 is 9.80 Å². The van der Waals surface area contributed by atoms with Gasteiger partial charge in [0.1, 0.15) is 11.7 Å². The van der Waals surface area contributed by atoms with Gasteiger partial charge >= 0.3 is 12.2 Å². The van der Waals surface area contributed by atoms with E-state index < -0.39 is 29.5 Å². The molecule has 2 amide bonds. The van der Waals surface area contributed by atoms with Crippen LogP contribution in [0.3, 0.4) is 0 Å². The quantitative estimate of drug-likeness (QED) is 0.624. The van der Waals surface area contributed by atoms with Gasteiger partial charge in [0.2, 0.25) is 0 Å². The molecule has 2 fully saturated rings. The second-order valence-electron chi connectivity index (χ2n) is 7.40. The Morgan fingerprint density at radius 2 is 1.87 bits per heavy atom. The molecule has 1 spiro atoms. The number of rotatable bonds is 2. The number of hydrogen-bond acceptors (Lipinski definition) is 4. The van der Waals surface area contributed by atoms with Gasteiger partial charge in [0.25, 0.3) is 0 Å². The Balaban J connectivity index is 1.62. The summed E-state index contributed by atoms with van der Waals surface area (Å²) in [6.07, 6.45) is 0.834. The van der Waals surface area contributed by atoms with Gasteiger partial charge in [-0.2, -0.15) is 18.4 Å². The summed E-state index contributed by atoms with van der Waals surface area (Å²) in [6.45, 7) is 0. The van der Waals surface area contributed by atoms with Crippen molar-refractivity contribution >= 4 is 28.2 Å². The largest absolute Gasteiger partial charge is 0.433 e. The van der Waals surface area contributed by atoms with Gasteiger partial charge in [0.05, 0.1) is 35.4 Å². The van der Waals surface area contributed by atoms with Gasteiger partial charge in [0.15, 0.2) is 0 Å². The summed E-state index contributed by atoms with van der Waals surface area (Å²) >= 11 is 0. The maximum atomic E-state index is 13.5. The third kappa shape index (κ3) is 2.53. The number of halogens is 3. The molecule has 0 N–H and O–H groups in total. The lowest BCUT2D eigenvalue weighted by molar-refractivity contribution is -0.141. The number of nitriles is 1. The lowest BCUT2D eigenvalue weighted by atomic mass is 10.1. The highest BCUT2D eigenvalue weighted by atomic mass is 19.4. The number of urea groups is 1. The maximum Gasteiger partial charge on any atom is 0.433 e. The first-order chi connectivity index (χ1) is 14.4. The van der Waals surface area contributed by atoms with E-state index in [-0.39, 0.29) is 5.69 Å². The number of nitrogens with zero attached hydrogens (tertiary/aromatic N) is 5. The first kappa shape index (κ1) is 18.4. The molecular weight excluding hydrogens is 395 g/mol. The molecule has 0 bridgehead atoms. The Morgan fingerprint density at radius 1 is 1.10 bits per heavy atom. The summed E-state index contributed by atoms with van der Waals surface area (Å²) in [7, 11) is 0. The van der Waals surface area contributed by atoms with Crippen molar-refractivity contribution in [2.24, 2.45) is 0 Å². The monoisotopic (exact) mass is 409 g/mol. The minimum absolute atomic E-state index is 0.237. The molecule has 9 heteroatoms. The summed E-state index contributed by atoms with van der Waals surface area (Å²) < 4.78 is 38.7. The predicted octanol–water partition coefficient (Wildman–Crippen LogP) is 4.52. The molecule has 30 heavy (non-hydrogen) atoms. The van der Waals surface area contributed by atoms with Crippen molar-refractivity contribution in [2.75, 3.05) is 9.80 Å². The molecule has 6 nitrogen and oxygen atoms in total. The van der Waals surface area contributed by atoms with E-state index in [2.05, 4.69) is 16.0 Å². The van der Waals surface area contributed by atoms with Gasteiger partial charge in [-0.25, -0.2) is 9.78 Å². The van der Waals surface area contributed by atoms with Gasteiger partial charge < -0.3 is 0 Å². The van der Waals surface area contributed by atoms with Crippen molar-refractivity contribution < 1.29 is 18.0 Å². The lowest BCUT2D eigenvalue weighted by Gasteiger charge is -2.23. The molecular formula is C21H14F3N5O. The Kier molecular flexibility index (Phi) is 3.77. The van der Waals surface area contributed by atoms with Crippen LogP contribution in [0.2, 0.25) is 0 Å². The zero-order valence-corrected chi connectivity index (χ0v) is 15.5. The first-order valence-corrected chi connectivity index (χ1v) is 9.26. The average molecular weight is 409 g/mol. The molecule has 1 aliphatic heterocycles. The van der Waals surface area contributed by atoms with E-state index in [0.29, 0.717) is 18.5 Å². The van der Waals surface area contributed by atoms with Crippen molar-refractivity contribution in [3.8, 4) is 6.07 Å². The van der Waals surface area contributed by atoms with Crippen LogP contribution >= 0.6 is 0 Å². The van der Waals surface area contributed by atoms with E-state index >= 15 is 0 Å². The molecule has 2 aromatic heterocycles. The summed E-state index contributed by atoms with van der Waals surface area (Å²) in [4.78, 5) is 24.0. The molecule has 1 saturated carbocycles. The number of benzene rings is 1. The number of aromatic nitrogens is 2. The highest BCUT2D eigenvalue weighted by Gasteiger charge is 2.66. The van der Waals surface area contributed by atoms with E-state index in [0.717, 1.165) is 23.0 Å². The van der Waals surface area contributed by atoms with Crippen molar-refractivity contribution in [1.82, 2.24) is 9.97 Å². The number of fused-ring (bicyclic) bond motifs is 1. The number of hydrogen-bond donors (Lipinski definition) is 0. The van der Waals surface area contributed by atoms with Crippen LogP contribution in [-0.4, -0.2) is 27.6 Å². The zero-order chi connectivity index (χ0) is 21.1. The second kappa shape index (κ2) is 6.16. The molecule has 1 aromatic carbocycles. The maximum absolute atomic E-state index is 13.5. The fraction of sp³-hybridized carbons (Fsp3) is 0.238. The minimum Gasteiger partial charge on any atom is -0.283 e. The smallest absolute Gasteiger partial charge is 0.283 e. The standard InChI is InChI=1S/C21H14F3N5O/c22-21(23,24)17-6-5-14(11-27-17)29-19(30)28(18(9-25)20(29)7-8-20)16-12-26-10-13-3-1-2-4-15(13)16/h1-6,10-12,18H,7-8H2/t18-/m1/s1. The van der Waals surface area contributed by atoms with E-state index in [9.17, 15) is 23.2 Å². The van der Waals surface area contributed by atoms with Crippen molar-refractivity contribution in [1.29, 1.82) is 5.26 Å². The number of pyridine rings is 2. The number of carbonyl (C=O) groups excluding carboxylic acids is 1.